The molecule has 100 valence electrons. The fraction of sp³-hybridized carbons (Fsp3) is 0.600. The first-order valence-corrected chi connectivity index (χ1v) is 6.51. The molecule has 0 aliphatic carbocycles. The largest absolute Gasteiger partial charge is 0.631 e. The lowest BCUT2D eigenvalue weighted by molar-refractivity contribution is -0.154. The first-order valence-electron chi connectivity index (χ1n) is 5.00. The Labute approximate surface area is 105 Å². The summed E-state index contributed by atoms with van der Waals surface area (Å²) in [5.41, 5.74) is -2.12. The topological polar surface area (TPSA) is 127 Å². The van der Waals surface area contributed by atoms with Crippen LogP contribution in [0.1, 0.15) is 13.8 Å². The van der Waals surface area contributed by atoms with Crippen LogP contribution in [0.4, 0.5) is 0 Å². The number of aliphatic hydroxyl groups excluding tert-OH is 2. The van der Waals surface area contributed by atoms with Crippen molar-refractivity contribution in [3.05, 3.63) is 0 Å². The Morgan fingerprint density at radius 1 is 1.50 bits per heavy atom. The number of Topliss-reactive ketones (excluding diaryl/α,β-unsaturated/α-hetero) is 2. The van der Waals surface area contributed by atoms with E-state index >= 15 is 0 Å². The molecule has 2 unspecified atom stereocenters. The minimum atomic E-state index is -2.29. The van der Waals surface area contributed by atoms with Gasteiger partial charge in [-0.25, -0.2) is 4.79 Å². The Hall–Kier alpha value is -1.23. The quantitative estimate of drug-likeness (QED) is 0.243. The normalized spacial score (nSPS) is 13.7. The summed E-state index contributed by atoms with van der Waals surface area (Å²) in [6.07, 6.45) is -0.460. The van der Waals surface area contributed by atoms with Crippen molar-refractivity contribution in [3.8, 4) is 0 Å². The summed E-state index contributed by atoms with van der Waals surface area (Å²) in [7, 11) is -2.29. The van der Waals surface area contributed by atoms with Gasteiger partial charge in [-0.15, -0.1) is 0 Å². The third kappa shape index (κ3) is 4.22. The minimum Gasteiger partial charge on any atom is -0.631 e. The van der Waals surface area contributed by atoms with Crippen molar-refractivity contribution in [3.63, 3.8) is 0 Å². The van der Waals surface area contributed by atoms with Gasteiger partial charge in [0, 0.05) is 0 Å². The molecule has 0 rings (SSSR count). The van der Waals surface area contributed by atoms with E-state index in [0.29, 0.717) is 0 Å². The molecule has 18 heavy (non-hydrogen) atoms. The van der Waals surface area contributed by atoms with Gasteiger partial charge in [0.05, 0.1) is 14.4 Å². The van der Waals surface area contributed by atoms with E-state index in [0.717, 1.165) is 25.7 Å². The number of hydrogen-bond acceptors (Lipinski definition) is 7. The molecule has 0 saturated carbocycles. The van der Waals surface area contributed by atoms with E-state index < -0.39 is 37.6 Å². The SMILES string of the molecule is CC(=O)C(C=[P+]([O-])CC(O)CO)(N=C=O)C(C)=O. The maximum atomic E-state index is 11.6. The molecule has 0 saturated heterocycles. The van der Waals surface area contributed by atoms with Crippen molar-refractivity contribution in [2.75, 3.05) is 12.8 Å². The summed E-state index contributed by atoms with van der Waals surface area (Å²) in [4.78, 5) is 47.9. The minimum absolute atomic E-state index is 0.331. The second-order valence-electron chi connectivity index (χ2n) is 3.65. The van der Waals surface area contributed by atoms with Gasteiger partial charge < -0.3 is 15.1 Å². The number of hydrogen-bond donors (Lipinski definition) is 2. The number of nitrogens with zero attached hydrogens (tertiary/aromatic N) is 1. The van der Waals surface area contributed by atoms with Crippen LogP contribution in [-0.4, -0.2) is 58.1 Å². The Morgan fingerprint density at radius 3 is 2.33 bits per heavy atom. The monoisotopic (exact) mass is 275 g/mol. The number of aliphatic hydroxyl groups is 2. The van der Waals surface area contributed by atoms with Crippen LogP contribution in [0.15, 0.2) is 4.99 Å². The lowest BCUT2D eigenvalue weighted by atomic mass is 9.94. The highest BCUT2D eigenvalue weighted by molar-refractivity contribution is 7.50. The molecule has 0 aliphatic heterocycles. The Morgan fingerprint density at radius 2 is 2.00 bits per heavy atom. The number of aliphatic imine (C=N–C) groups is 1. The number of carbonyl (C=O) groups excluding carboxylic acids is 3. The van der Waals surface area contributed by atoms with Gasteiger partial charge >= 0.3 is 0 Å². The molecule has 0 bridgehead atoms. The van der Waals surface area contributed by atoms with Crippen LogP contribution in [0.3, 0.4) is 0 Å². The summed E-state index contributed by atoms with van der Waals surface area (Å²) in [6, 6.07) is 0. The van der Waals surface area contributed by atoms with Crippen LogP contribution < -0.4 is 4.89 Å². The molecule has 0 aromatic carbocycles. The maximum Gasteiger partial charge on any atom is 0.244 e. The van der Waals surface area contributed by atoms with Gasteiger partial charge in [0.15, 0.2) is 11.6 Å². The molecule has 0 aliphatic rings. The number of rotatable bonds is 7. The fourth-order valence-corrected chi connectivity index (χ4v) is 2.69. The maximum absolute atomic E-state index is 11.6. The van der Waals surface area contributed by atoms with Crippen molar-refractivity contribution < 1.29 is 29.5 Å². The van der Waals surface area contributed by atoms with Gasteiger partial charge in [-0.2, -0.15) is 4.99 Å². The average molecular weight is 275 g/mol. The highest BCUT2D eigenvalue weighted by Gasteiger charge is 2.42. The Bertz CT molecular complexity index is 393. The third-order valence-corrected chi connectivity index (χ3v) is 3.67. The van der Waals surface area contributed by atoms with Crippen molar-refractivity contribution in [1.82, 2.24) is 0 Å². The predicted octanol–water partition coefficient (Wildman–Crippen LogP) is -1.85. The standard InChI is InChI=1S/C10H14NO6P/c1-7(14)10(8(2)15,11-6-13)5-18(17)4-9(16)3-12/h5,9,12,16H,3-4H2,1-2H3. The molecule has 8 heteroatoms. The van der Waals surface area contributed by atoms with E-state index in [4.69, 9.17) is 10.2 Å². The fourth-order valence-electron chi connectivity index (χ4n) is 1.21. The van der Waals surface area contributed by atoms with Crippen LogP contribution >= 0.6 is 7.77 Å². The van der Waals surface area contributed by atoms with Crippen molar-refractivity contribution in [2.24, 2.45) is 4.99 Å². The van der Waals surface area contributed by atoms with E-state index in [-0.39, 0.29) is 6.16 Å². The Kier molecular flexibility index (Phi) is 6.76. The molecule has 0 aromatic heterocycles. The average Bonchev–Trinajstić information content (AvgIpc) is 2.27. The summed E-state index contributed by atoms with van der Waals surface area (Å²) in [6.45, 7) is 1.47. The van der Waals surface area contributed by atoms with Gasteiger partial charge in [0.25, 0.3) is 0 Å². The molecule has 0 radical (unpaired) electrons. The van der Waals surface area contributed by atoms with Crippen molar-refractivity contribution in [2.45, 2.75) is 25.5 Å². The number of ketones is 2. The molecule has 0 amide bonds. The van der Waals surface area contributed by atoms with E-state index in [9.17, 15) is 19.3 Å². The lowest BCUT2D eigenvalue weighted by Gasteiger charge is -2.16. The van der Waals surface area contributed by atoms with Crippen LogP contribution in [-0.2, 0) is 14.4 Å². The van der Waals surface area contributed by atoms with Crippen LogP contribution in [0.5, 0.6) is 0 Å². The van der Waals surface area contributed by atoms with E-state index in [1.54, 1.807) is 0 Å². The summed E-state index contributed by atoms with van der Waals surface area (Å²) in [5, 5.41) is 17.7. The second kappa shape index (κ2) is 7.26. The first-order chi connectivity index (χ1) is 8.30. The molecule has 0 aromatic rings. The molecule has 2 atom stereocenters. The first kappa shape index (κ1) is 16.8. The van der Waals surface area contributed by atoms with Crippen LogP contribution in [0, 0.1) is 0 Å². The third-order valence-electron chi connectivity index (χ3n) is 2.23. The highest BCUT2D eigenvalue weighted by Crippen LogP contribution is 2.21. The summed E-state index contributed by atoms with van der Waals surface area (Å²) in [5.74, 6) is -0.711. The Balaban J connectivity index is 5.47. The highest BCUT2D eigenvalue weighted by atomic mass is 31.1. The van der Waals surface area contributed by atoms with Gasteiger partial charge in [0.1, 0.15) is 18.1 Å². The zero-order valence-corrected chi connectivity index (χ0v) is 10.9. The van der Waals surface area contributed by atoms with Gasteiger partial charge in [-0.05, 0) is 13.8 Å². The molecule has 0 spiro atoms. The zero-order chi connectivity index (χ0) is 14.3. The van der Waals surface area contributed by atoms with Gasteiger partial charge in [-0.1, -0.05) is 0 Å². The van der Waals surface area contributed by atoms with Gasteiger partial charge in [-0.3, -0.25) is 9.59 Å². The second-order valence-corrected chi connectivity index (χ2v) is 5.10. The smallest absolute Gasteiger partial charge is 0.244 e. The van der Waals surface area contributed by atoms with Crippen LogP contribution in [0.2, 0.25) is 0 Å². The van der Waals surface area contributed by atoms with Crippen molar-refractivity contribution >= 4 is 31.2 Å². The lowest BCUT2D eigenvalue weighted by Crippen LogP contribution is -2.44. The van der Waals surface area contributed by atoms with E-state index in [1.807, 2.05) is 0 Å². The molecule has 7 nitrogen and oxygen atoms in total. The summed E-state index contributed by atoms with van der Waals surface area (Å²) < 4.78 is 0. The number of isocyanates is 1. The predicted molar refractivity (Wildman–Crippen MR) is 63.2 cm³/mol. The molecular weight excluding hydrogens is 261 g/mol. The van der Waals surface area contributed by atoms with E-state index in [1.165, 1.54) is 0 Å². The zero-order valence-electron chi connectivity index (χ0n) is 9.99. The van der Waals surface area contributed by atoms with Crippen LogP contribution in [0.25, 0.3) is 0 Å². The van der Waals surface area contributed by atoms with E-state index in [2.05, 4.69) is 4.99 Å². The molecule has 0 heterocycles. The van der Waals surface area contributed by atoms with Gasteiger partial charge in [0.2, 0.25) is 11.6 Å². The molecular formula is C10H14NO6P. The molecule has 0 fully saturated rings. The summed E-state index contributed by atoms with van der Waals surface area (Å²) >= 11 is 0. The van der Waals surface area contributed by atoms with Crippen molar-refractivity contribution in [1.29, 1.82) is 0 Å². The number of carbonyl (C=O) groups is 2. The molecule has 2 N–H and O–H groups in total.